The van der Waals surface area contributed by atoms with Gasteiger partial charge in [-0.2, -0.15) is 4.68 Å². The van der Waals surface area contributed by atoms with Crippen LogP contribution in [0.25, 0.3) is 0 Å². The fraction of sp³-hybridized carbons (Fsp3) is 0.167. The van der Waals surface area contributed by atoms with Gasteiger partial charge in [0.15, 0.2) is 5.78 Å². The minimum absolute atomic E-state index is 0.0606. The van der Waals surface area contributed by atoms with Crippen molar-refractivity contribution in [2.24, 2.45) is 0 Å². The molecular formula is C12H13N5O3. The second kappa shape index (κ2) is 5.39. The fourth-order valence-corrected chi connectivity index (χ4v) is 1.61. The number of carbonyl (C=O) groups excluding carboxylic acids is 1. The molecule has 1 aromatic carbocycles. The highest BCUT2D eigenvalue weighted by molar-refractivity contribution is 5.97. The van der Waals surface area contributed by atoms with E-state index in [0.29, 0.717) is 16.0 Å². The molecule has 0 aliphatic carbocycles. The summed E-state index contributed by atoms with van der Waals surface area (Å²) >= 11 is 0. The minimum atomic E-state index is -0.645. The molecular weight excluding hydrogens is 262 g/mol. The molecule has 8 nitrogen and oxygen atoms in total. The van der Waals surface area contributed by atoms with Gasteiger partial charge in [0.25, 0.3) is 5.56 Å². The van der Waals surface area contributed by atoms with E-state index in [1.807, 2.05) is 0 Å². The van der Waals surface area contributed by atoms with E-state index >= 15 is 0 Å². The van der Waals surface area contributed by atoms with Crippen molar-refractivity contribution >= 4 is 11.7 Å². The van der Waals surface area contributed by atoms with Crippen molar-refractivity contribution in [1.82, 2.24) is 14.9 Å². The van der Waals surface area contributed by atoms with Gasteiger partial charge in [-0.05, 0) is 12.1 Å². The molecule has 0 amide bonds. The van der Waals surface area contributed by atoms with Gasteiger partial charge < -0.3 is 16.3 Å². The first-order valence-electron chi connectivity index (χ1n) is 5.69. The van der Waals surface area contributed by atoms with E-state index in [1.54, 1.807) is 24.3 Å². The summed E-state index contributed by atoms with van der Waals surface area (Å²) in [4.78, 5) is 23.8. The van der Waals surface area contributed by atoms with Crippen molar-refractivity contribution in [3.8, 4) is 5.75 Å². The largest absolute Gasteiger partial charge is 0.497 e. The van der Waals surface area contributed by atoms with Crippen LogP contribution in [0.4, 0.5) is 5.95 Å². The zero-order valence-corrected chi connectivity index (χ0v) is 10.7. The number of anilines is 1. The Kier molecular flexibility index (Phi) is 3.65. The number of nitrogens with zero attached hydrogens (tertiary/aromatic N) is 3. The van der Waals surface area contributed by atoms with Gasteiger partial charge >= 0.3 is 0 Å². The van der Waals surface area contributed by atoms with Crippen molar-refractivity contribution in [3.63, 3.8) is 0 Å². The van der Waals surface area contributed by atoms with Crippen LogP contribution in [-0.2, 0) is 6.42 Å². The van der Waals surface area contributed by atoms with Crippen molar-refractivity contribution in [2.75, 3.05) is 18.7 Å². The average molecular weight is 275 g/mol. The van der Waals surface area contributed by atoms with Crippen molar-refractivity contribution in [3.05, 3.63) is 45.9 Å². The number of hydrogen-bond acceptors (Lipinski definition) is 7. The Morgan fingerprint density at radius 1 is 1.40 bits per heavy atom. The van der Waals surface area contributed by atoms with Crippen molar-refractivity contribution < 1.29 is 9.53 Å². The molecule has 1 heterocycles. The smallest absolute Gasteiger partial charge is 0.295 e. The highest BCUT2D eigenvalue weighted by Crippen LogP contribution is 2.13. The zero-order valence-electron chi connectivity index (χ0n) is 10.7. The summed E-state index contributed by atoms with van der Waals surface area (Å²) in [5.41, 5.74) is 5.04. The standard InChI is InChI=1S/C12H13N5O3/c1-20-8-4-2-3-7(5-8)10(18)6-9-11(19)17(14)12(13)16-15-9/h2-5H,6,14H2,1H3,(H2,13,16). The maximum Gasteiger partial charge on any atom is 0.295 e. The first kappa shape index (κ1) is 13.5. The lowest BCUT2D eigenvalue weighted by Gasteiger charge is -2.05. The summed E-state index contributed by atoms with van der Waals surface area (Å²) in [6, 6.07) is 6.60. The number of nitrogens with two attached hydrogens (primary N) is 2. The quantitative estimate of drug-likeness (QED) is 0.561. The number of Topliss-reactive ketones (excluding diaryl/α,β-unsaturated/α-hetero) is 1. The molecule has 20 heavy (non-hydrogen) atoms. The van der Waals surface area contributed by atoms with Gasteiger partial charge in [0.1, 0.15) is 11.4 Å². The Morgan fingerprint density at radius 2 is 2.15 bits per heavy atom. The van der Waals surface area contributed by atoms with Gasteiger partial charge in [0, 0.05) is 5.56 Å². The maximum absolute atomic E-state index is 12.1. The maximum atomic E-state index is 12.1. The van der Waals surface area contributed by atoms with Gasteiger partial charge in [-0.15, -0.1) is 10.2 Å². The molecule has 0 unspecified atom stereocenters. The number of benzene rings is 1. The average Bonchev–Trinajstić information content (AvgIpc) is 2.48. The monoisotopic (exact) mass is 275 g/mol. The molecule has 0 fully saturated rings. The number of rotatable bonds is 4. The molecule has 4 N–H and O–H groups in total. The van der Waals surface area contributed by atoms with Gasteiger partial charge in [-0.25, -0.2) is 0 Å². The highest BCUT2D eigenvalue weighted by Gasteiger charge is 2.14. The van der Waals surface area contributed by atoms with Gasteiger partial charge in [-0.1, -0.05) is 12.1 Å². The predicted octanol–water partition coefficient (Wildman–Crippen LogP) is -0.632. The molecule has 0 saturated heterocycles. The highest BCUT2D eigenvalue weighted by atomic mass is 16.5. The summed E-state index contributed by atoms with van der Waals surface area (Å²) in [5.74, 6) is 5.43. The zero-order chi connectivity index (χ0) is 14.7. The van der Waals surface area contributed by atoms with E-state index in [2.05, 4.69) is 10.2 Å². The summed E-state index contributed by atoms with van der Waals surface area (Å²) in [6.45, 7) is 0. The van der Waals surface area contributed by atoms with E-state index in [1.165, 1.54) is 7.11 Å². The lowest BCUT2D eigenvalue weighted by molar-refractivity contribution is 0.0990. The van der Waals surface area contributed by atoms with E-state index in [0.717, 1.165) is 0 Å². The molecule has 0 spiro atoms. The minimum Gasteiger partial charge on any atom is -0.497 e. The molecule has 0 radical (unpaired) electrons. The van der Waals surface area contributed by atoms with E-state index in [4.69, 9.17) is 16.3 Å². The summed E-state index contributed by atoms with van der Waals surface area (Å²) in [5, 5.41) is 7.12. The van der Waals surface area contributed by atoms with Crippen LogP contribution in [-0.4, -0.2) is 27.8 Å². The number of methoxy groups -OCH3 is 1. The van der Waals surface area contributed by atoms with Crippen LogP contribution >= 0.6 is 0 Å². The molecule has 2 aromatic rings. The third kappa shape index (κ3) is 2.58. The fourth-order valence-electron chi connectivity index (χ4n) is 1.61. The Bertz CT molecular complexity index is 710. The molecule has 0 aliphatic heterocycles. The summed E-state index contributed by atoms with van der Waals surface area (Å²) in [6.07, 6.45) is -0.212. The number of aromatic nitrogens is 3. The van der Waals surface area contributed by atoms with E-state index in [-0.39, 0.29) is 23.8 Å². The van der Waals surface area contributed by atoms with Crippen LogP contribution in [0.5, 0.6) is 5.75 Å². The number of ketones is 1. The molecule has 0 aliphatic rings. The van der Waals surface area contributed by atoms with Crippen LogP contribution in [0.2, 0.25) is 0 Å². The van der Waals surface area contributed by atoms with Crippen LogP contribution in [0, 0.1) is 0 Å². The van der Waals surface area contributed by atoms with Crippen LogP contribution in [0.1, 0.15) is 16.1 Å². The lowest BCUT2D eigenvalue weighted by Crippen LogP contribution is -2.35. The normalized spacial score (nSPS) is 10.2. The van der Waals surface area contributed by atoms with Crippen molar-refractivity contribution in [2.45, 2.75) is 6.42 Å². The van der Waals surface area contributed by atoms with Gasteiger partial charge in [-0.3, -0.25) is 9.59 Å². The molecule has 0 bridgehead atoms. The third-order valence-electron chi connectivity index (χ3n) is 2.71. The summed E-state index contributed by atoms with van der Waals surface area (Å²) in [7, 11) is 1.50. The van der Waals surface area contributed by atoms with Crippen LogP contribution in [0.15, 0.2) is 29.1 Å². The second-order valence-corrected chi connectivity index (χ2v) is 4.01. The Morgan fingerprint density at radius 3 is 2.85 bits per heavy atom. The number of ether oxygens (including phenoxy) is 1. The number of nitrogen functional groups attached to an aromatic ring is 2. The van der Waals surface area contributed by atoms with Crippen molar-refractivity contribution in [1.29, 1.82) is 0 Å². The van der Waals surface area contributed by atoms with Crippen LogP contribution in [0.3, 0.4) is 0 Å². The molecule has 1 aromatic heterocycles. The van der Waals surface area contributed by atoms with Gasteiger partial charge in [0.2, 0.25) is 5.95 Å². The molecule has 104 valence electrons. The molecule has 0 saturated carbocycles. The molecule has 2 rings (SSSR count). The SMILES string of the molecule is COc1cccc(C(=O)Cc2nnc(N)n(N)c2=O)c1. The number of hydrogen-bond donors (Lipinski definition) is 2. The van der Waals surface area contributed by atoms with Crippen LogP contribution < -0.4 is 21.9 Å². The molecule has 0 atom stereocenters. The first-order valence-corrected chi connectivity index (χ1v) is 5.69. The van der Waals surface area contributed by atoms with E-state index in [9.17, 15) is 9.59 Å². The predicted molar refractivity (Wildman–Crippen MR) is 71.9 cm³/mol. The first-order chi connectivity index (χ1) is 9.52. The Balaban J connectivity index is 2.28. The summed E-state index contributed by atoms with van der Waals surface area (Å²) < 4.78 is 5.69. The van der Waals surface area contributed by atoms with Gasteiger partial charge in [0.05, 0.1) is 13.5 Å². The Hall–Kier alpha value is -2.90. The third-order valence-corrected chi connectivity index (χ3v) is 2.71. The second-order valence-electron chi connectivity index (χ2n) is 4.01. The number of carbonyl (C=O) groups is 1. The van der Waals surface area contributed by atoms with E-state index < -0.39 is 5.56 Å². The lowest BCUT2D eigenvalue weighted by atomic mass is 10.1. The molecule has 8 heteroatoms. The Labute approximate surface area is 114 Å². The topological polar surface area (TPSA) is 126 Å².